The van der Waals surface area contributed by atoms with Gasteiger partial charge < -0.3 is 9.73 Å². The van der Waals surface area contributed by atoms with Crippen molar-refractivity contribution in [1.82, 2.24) is 0 Å². The van der Waals surface area contributed by atoms with Crippen molar-refractivity contribution >= 4 is 44.6 Å². The number of rotatable bonds is 3. The number of benzene rings is 2. The molecule has 1 N–H and O–H groups in total. The van der Waals surface area contributed by atoms with E-state index in [1.807, 2.05) is 12.1 Å². The lowest BCUT2D eigenvalue weighted by atomic mass is 10.2. The van der Waals surface area contributed by atoms with Gasteiger partial charge in [0.25, 0.3) is 0 Å². The number of alkyl halides is 3. The molecule has 0 bridgehead atoms. The zero-order chi connectivity index (χ0) is 18.0. The molecule has 0 aliphatic heterocycles. The molecule has 3 rings (SSSR count). The normalized spacial score (nSPS) is 12.0. The number of fused-ring (bicyclic) bond motifs is 1. The Morgan fingerprint density at radius 2 is 1.92 bits per heavy atom. The van der Waals surface area contributed by atoms with Gasteiger partial charge in [0.15, 0.2) is 0 Å². The average Bonchev–Trinajstić information content (AvgIpc) is 2.94. The Morgan fingerprint density at radius 1 is 1.12 bits per heavy atom. The van der Waals surface area contributed by atoms with Crippen molar-refractivity contribution in [3.63, 3.8) is 0 Å². The fourth-order valence-electron chi connectivity index (χ4n) is 2.23. The number of carbonyl (C=O) groups is 1. The molecular formula is C18H11BrF3NO2. The molecular weight excluding hydrogens is 399 g/mol. The molecule has 25 heavy (non-hydrogen) atoms. The Morgan fingerprint density at radius 3 is 2.68 bits per heavy atom. The van der Waals surface area contributed by atoms with Crippen LogP contribution in [0.2, 0.25) is 0 Å². The van der Waals surface area contributed by atoms with Gasteiger partial charge in [-0.3, -0.25) is 4.79 Å². The van der Waals surface area contributed by atoms with E-state index >= 15 is 0 Å². The minimum Gasteiger partial charge on any atom is -0.457 e. The van der Waals surface area contributed by atoms with Gasteiger partial charge in [0.05, 0.1) is 5.56 Å². The van der Waals surface area contributed by atoms with Crippen molar-refractivity contribution in [3.05, 3.63) is 70.4 Å². The van der Waals surface area contributed by atoms with E-state index in [-0.39, 0.29) is 5.69 Å². The standard InChI is InChI=1S/C18H11BrF3NO2/c19-13-4-6-16-11(8-13)9-15(25-16)5-7-17(24)23-14-3-1-2-12(10-14)18(20,21)22/h1-10H,(H,23,24)/b7-5+. The third-order valence-electron chi connectivity index (χ3n) is 3.35. The predicted molar refractivity (Wildman–Crippen MR) is 93.0 cm³/mol. The molecule has 0 unspecified atom stereocenters. The number of hydrogen-bond acceptors (Lipinski definition) is 2. The van der Waals surface area contributed by atoms with E-state index in [0.29, 0.717) is 11.3 Å². The SMILES string of the molecule is O=C(/C=C/c1cc2cc(Br)ccc2o1)Nc1cccc(C(F)(F)F)c1. The van der Waals surface area contributed by atoms with Crippen LogP contribution in [0, 0.1) is 0 Å². The first kappa shape index (κ1) is 17.3. The number of amides is 1. The van der Waals surface area contributed by atoms with Crippen molar-refractivity contribution in [2.45, 2.75) is 6.18 Å². The highest BCUT2D eigenvalue weighted by atomic mass is 79.9. The Kier molecular flexibility index (Phi) is 4.67. The number of halogens is 4. The summed E-state index contributed by atoms with van der Waals surface area (Å²) < 4.78 is 44.4. The zero-order valence-corrected chi connectivity index (χ0v) is 14.2. The Hall–Kier alpha value is -2.54. The molecule has 128 valence electrons. The first-order chi connectivity index (χ1) is 11.8. The van der Waals surface area contributed by atoms with Gasteiger partial charge in [0.2, 0.25) is 5.91 Å². The molecule has 3 aromatic rings. The Balaban J connectivity index is 1.72. The lowest BCUT2D eigenvalue weighted by Gasteiger charge is -2.08. The maximum atomic E-state index is 12.7. The zero-order valence-electron chi connectivity index (χ0n) is 12.6. The lowest BCUT2D eigenvalue weighted by molar-refractivity contribution is -0.137. The van der Waals surface area contributed by atoms with Crippen LogP contribution in [0.3, 0.4) is 0 Å². The summed E-state index contributed by atoms with van der Waals surface area (Å²) in [6.45, 7) is 0. The quantitative estimate of drug-likeness (QED) is 0.549. The van der Waals surface area contributed by atoms with E-state index in [4.69, 9.17) is 4.42 Å². The fourth-order valence-corrected chi connectivity index (χ4v) is 2.61. The van der Waals surface area contributed by atoms with E-state index in [1.54, 1.807) is 12.1 Å². The van der Waals surface area contributed by atoms with Gasteiger partial charge >= 0.3 is 6.18 Å². The molecule has 0 saturated carbocycles. The fraction of sp³-hybridized carbons (Fsp3) is 0.0556. The molecule has 1 aromatic heterocycles. The summed E-state index contributed by atoms with van der Waals surface area (Å²) in [5.74, 6) is -0.0896. The minimum atomic E-state index is -4.46. The minimum absolute atomic E-state index is 0.0676. The maximum Gasteiger partial charge on any atom is 0.416 e. The van der Waals surface area contributed by atoms with Crippen LogP contribution in [0.5, 0.6) is 0 Å². The third-order valence-corrected chi connectivity index (χ3v) is 3.85. The van der Waals surface area contributed by atoms with Crippen LogP contribution < -0.4 is 5.32 Å². The molecule has 0 atom stereocenters. The van der Waals surface area contributed by atoms with Gasteiger partial charge in [-0.25, -0.2) is 0 Å². The third kappa shape index (κ3) is 4.30. The van der Waals surface area contributed by atoms with Crippen LogP contribution in [0.1, 0.15) is 11.3 Å². The highest BCUT2D eigenvalue weighted by molar-refractivity contribution is 9.10. The van der Waals surface area contributed by atoms with Crippen LogP contribution >= 0.6 is 15.9 Å². The van der Waals surface area contributed by atoms with E-state index < -0.39 is 17.6 Å². The number of nitrogens with one attached hydrogen (secondary N) is 1. The summed E-state index contributed by atoms with van der Waals surface area (Å²) in [6, 6.07) is 11.7. The van der Waals surface area contributed by atoms with Crippen LogP contribution in [0.25, 0.3) is 17.0 Å². The summed E-state index contributed by atoms with van der Waals surface area (Å²) in [6.07, 6.45) is -1.80. The molecule has 0 spiro atoms. The second-order valence-corrected chi connectivity index (χ2v) is 6.15. The predicted octanol–water partition coefficient (Wildman–Crippen LogP) is 5.87. The molecule has 0 radical (unpaired) electrons. The summed E-state index contributed by atoms with van der Waals surface area (Å²) >= 11 is 3.36. The molecule has 0 saturated heterocycles. The van der Waals surface area contributed by atoms with E-state index in [0.717, 1.165) is 22.0 Å². The monoisotopic (exact) mass is 409 g/mol. The Labute approximate surface area is 149 Å². The van der Waals surface area contributed by atoms with Crippen LogP contribution in [0.4, 0.5) is 18.9 Å². The lowest BCUT2D eigenvalue weighted by Crippen LogP contribution is -2.10. The summed E-state index contributed by atoms with van der Waals surface area (Å²) in [5.41, 5.74) is -0.0868. The first-order valence-electron chi connectivity index (χ1n) is 7.17. The molecule has 0 fully saturated rings. The van der Waals surface area contributed by atoms with Gasteiger partial charge in [0.1, 0.15) is 11.3 Å². The molecule has 0 aliphatic carbocycles. The maximum absolute atomic E-state index is 12.7. The van der Waals surface area contributed by atoms with Gasteiger partial charge in [-0.15, -0.1) is 0 Å². The highest BCUT2D eigenvalue weighted by Crippen LogP contribution is 2.30. The van der Waals surface area contributed by atoms with Crippen LogP contribution in [-0.4, -0.2) is 5.91 Å². The molecule has 0 aliphatic rings. The van der Waals surface area contributed by atoms with Gasteiger partial charge in [-0.2, -0.15) is 13.2 Å². The van der Waals surface area contributed by atoms with Crippen molar-refractivity contribution < 1.29 is 22.4 Å². The van der Waals surface area contributed by atoms with Gasteiger partial charge in [0, 0.05) is 21.6 Å². The largest absolute Gasteiger partial charge is 0.457 e. The van der Waals surface area contributed by atoms with E-state index in [2.05, 4.69) is 21.2 Å². The number of carbonyl (C=O) groups excluding carboxylic acids is 1. The summed E-state index contributed by atoms with van der Waals surface area (Å²) in [5, 5.41) is 3.26. The number of anilines is 1. The van der Waals surface area contributed by atoms with Crippen LogP contribution in [-0.2, 0) is 11.0 Å². The average molecular weight is 410 g/mol. The molecule has 1 heterocycles. The molecule has 3 nitrogen and oxygen atoms in total. The van der Waals surface area contributed by atoms with Crippen molar-refractivity contribution in [1.29, 1.82) is 0 Å². The molecule has 2 aromatic carbocycles. The summed E-state index contributed by atoms with van der Waals surface area (Å²) in [4.78, 5) is 11.9. The van der Waals surface area contributed by atoms with E-state index in [9.17, 15) is 18.0 Å². The molecule has 1 amide bonds. The van der Waals surface area contributed by atoms with Gasteiger partial charge in [-0.05, 0) is 48.5 Å². The van der Waals surface area contributed by atoms with Crippen molar-refractivity contribution in [2.24, 2.45) is 0 Å². The van der Waals surface area contributed by atoms with Crippen molar-refractivity contribution in [2.75, 3.05) is 5.32 Å². The Bertz CT molecular complexity index is 960. The topological polar surface area (TPSA) is 42.2 Å². The smallest absolute Gasteiger partial charge is 0.416 e. The number of furan rings is 1. The second kappa shape index (κ2) is 6.76. The van der Waals surface area contributed by atoms with E-state index in [1.165, 1.54) is 24.3 Å². The van der Waals surface area contributed by atoms with Gasteiger partial charge in [-0.1, -0.05) is 22.0 Å². The first-order valence-corrected chi connectivity index (χ1v) is 7.96. The second-order valence-electron chi connectivity index (χ2n) is 5.23. The van der Waals surface area contributed by atoms with Crippen molar-refractivity contribution in [3.8, 4) is 0 Å². The van der Waals surface area contributed by atoms with Crippen LogP contribution in [0.15, 0.2) is 63.5 Å². The molecule has 7 heteroatoms. The highest BCUT2D eigenvalue weighted by Gasteiger charge is 2.30. The summed E-state index contributed by atoms with van der Waals surface area (Å²) in [7, 11) is 0. The number of hydrogen-bond donors (Lipinski definition) is 1.